The lowest BCUT2D eigenvalue weighted by atomic mass is 10.2. The Bertz CT molecular complexity index is 246. The van der Waals surface area contributed by atoms with E-state index in [2.05, 4.69) is 16.7 Å². The lowest BCUT2D eigenvalue weighted by Gasteiger charge is -2.22. The van der Waals surface area contributed by atoms with E-state index in [0.717, 1.165) is 71.4 Å². The summed E-state index contributed by atoms with van der Waals surface area (Å²) in [7, 11) is 0. The van der Waals surface area contributed by atoms with Crippen molar-refractivity contribution in [2.24, 2.45) is 5.73 Å². The number of rotatable bonds is 8. The maximum Gasteiger partial charge on any atom is 0.222 e. The van der Waals surface area contributed by atoms with Crippen LogP contribution in [-0.2, 0) is 4.79 Å². The van der Waals surface area contributed by atoms with E-state index in [-0.39, 0.29) is 0 Å². The first kappa shape index (κ1) is 16.4. The quantitative estimate of drug-likeness (QED) is 0.684. The van der Waals surface area contributed by atoms with Gasteiger partial charge in [-0.3, -0.25) is 4.79 Å². The molecule has 0 saturated carbocycles. The second-order valence-electron chi connectivity index (χ2n) is 5.53. The van der Waals surface area contributed by atoms with E-state index in [1.807, 2.05) is 0 Å². The average Bonchev–Trinajstić information content (AvgIpc) is 2.66. The van der Waals surface area contributed by atoms with Gasteiger partial charge in [0.1, 0.15) is 0 Å². The summed E-state index contributed by atoms with van der Waals surface area (Å²) >= 11 is 0. The lowest BCUT2D eigenvalue weighted by molar-refractivity contribution is -0.131. The Kier molecular flexibility index (Phi) is 8.84. The van der Waals surface area contributed by atoms with Gasteiger partial charge in [0, 0.05) is 26.1 Å². The monoisotopic (exact) mass is 269 g/mol. The zero-order valence-electron chi connectivity index (χ0n) is 12.6. The minimum absolute atomic E-state index is 0.354. The van der Waals surface area contributed by atoms with Crippen molar-refractivity contribution in [3.8, 4) is 0 Å². The molecule has 1 rings (SSSR count). The van der Waals surface area contributed by atoms with Crippen LogP contribution in [-0.4, -0.2) is 55.0 Å². The van der Waals surface area contributed by atoms with Gasteiger partial charge in [0.15, 0.2) is 0 Å². The highest BCUT2D eigenvalue weighted by molar-refractivity contribution is 5.76. The highest BCUT2D eigenvalue weighted by Crippen LogP contribution is 2.08. The summed E-state index contributed by atoms with van der Waals surface area (Å²) < 4.78 is 0. The third-order valence-electron chi connectivity index (χ3n) is 3.86. The maximum absolute atomic E-state index is 12.0. The van der Waals surface area contributed by atoms with Gasteiger partial charge in [0.05, 0.1) is 0 Å². The van der Waals surface area contributed by atoms with Gasteiger partial charge in [-0.15, -0.1) is 0 Å². The Morgan fingerprint density at radius 1 is 1.05 bits per heavy atom. The molecule has 1 saturated heterocycles. The summed E-state index contributed by atoms with van der Waals surface area (Å²) in [6.07, 6.45) is 7.58. The van der Waals surface area contributed by atoms with Crippen molar-refractivity contribution < 1.29 is 4.79 Å². The Labute approximate surface area is 118 Å². The van der Waals surface area contributed by atoms with Crippen molar-refractivity contribution in [3.63, 3.8) is 0 Å². The fourth-order valence-corrected chi connectivity index (χ4v) is 2.59. The lowest BCUT2D eigenvalue weighted by Crippen LogP contribution is -2.35. The smallest absolute Gasteiger partial charge is 0.222 e. The predicted molar refractivity (Wildman–Crippen MR) is 80.1 cm³/mol. The van der Waals surface area contributed by atoms with Crippen LogP contribution < -0.4 is 5.73 Å². The van der Waals surface area contributed by atoms with Crippen molar-refractivity contribution in [1.29, 1.82) is 0 Å². The molecule has 112 valence electrons. The van der Waals surface area contributed by atoms with E-state index in [1.165, 1.54) is 12.8 Å². The number of nitrogens with zero attached hydrogens (tertiary/aromatic N) is 2. The van der Waals surface area contributed by atoms with Crippen molar-refractivity contribution in [3.05, 3.63) is 0 Å². The van der Waals surface area contributed by atoms with Crippen LogP contribution in [0.5, 0.6) is 0 Å². The van der Waals surface area contributed by atoms with Crippen LogP contribution in [0.4, 0.5) is 0 Å². The molecule has 4 heteroatoms. The minimum Gasteiger partial charge on any atom is -0.341 e. The summed E-state index contributed by atoms with van der Waals surface area (Å²) in [6, 6.07) is 0. The highest BCUT2D eigenvalue weighted by Gasteiger charge is 2.18. The van der Waals surface area contributed by atoms with E-state index < -0.39 is 0 Å². The van der Waals surface area contributed by atoms with Crippen LogP contribution in [0.25, 0.3) is 0 Å². The first-order valence-corrected chi connectivity index (χ1v) is 7.98. The van der Waals surface area contributed by atoms with E-state index in [1.54, 1.807) is 0 Å². The topological polar surface area (TPSA) is 49.6 Å². The molecule has 0 aliphatic carbocycles. The van der Waals surface area contributed by atoms with Gasteiger partial charge in [-0.05, 0) is 45.3 Å². The summed E-state index contributed by atoms with van der Waals surface area (Å²) in [5, 5.41) is 0. The van der Waals surface area contributed by atoms with E-state index in [4.69, 9.17) is 5.73 Å². The molecule has 0 aromatic rings. The third-order valence-corrected chi connectivity index (χ3v) is 3.86. The normalized spacial score (nSPS) is 17.5. The largest absolute Gasteiger partial charge is 0.341 e. The van der Waals surface area contributed by atoms with Crippen molar-refractivity contribution >= 4 is 5.91 Å². The molecule has 0 bridgehead atoms. The summed E-state index contributed by atoms with van der Waals surface area (Å²) in [5.74, 6) is 0.354. The van der Waals surface area contributed by atoms with Crippen LogP contribution in [0.2, 0.25) is 0 Å². The molecule has 0 unspecified atom stereocenters. The molecule has 0 aromatic carbocycles. The number of unbranched alkanes of at least 4 members (excludes halogenated alkanes) is 3. The Morgan fingerprint density at radius 2 is 1.89 bits per heavy atom. The average molecular weight is 269 g/mol. The predicted octanol–water partition coefficient (Wildman–Crippen LogP) is 1.84. The van der Waals surface area contributed by atoms with Gasteiger partial charge in [-0.25, -0.2) is 0 Å². The Morgan fingerprint density at radius 3 is 2.63 bits per heavy atom. The van der Waals surface area contributed by atoms with Crippen molar-refractivity contribution in [2.75, 3.05) is 39.3 Å². The fourth-order valence-electron chi connectivity index (χ4n) is 2.59. The van der Waals surface area contributed by atoms with Crippen molar-refractivity contribution in [1.82, 2.24) is 9.80 Å². The highest BCUT2D eigenvalue weighted by atomic mass is 16.2. The molecule has 19 heavy (non-hydrogen) atoms. The third kappa shape index (κ3) is 6.92. The van der Waals surface area contributed by atoms with Crippen LogP contribution in [0, 0.1) is 0 Å². The number of hydrogen-bond acceptors (Lipinski definition) is 3. The molecule has 1 aliphatic rings. The number of amides is 1. The van der Waals surface area contributed by atoms with Crippen LogP contribution in [0.15, 0.2) is 0 Å². The zero-order chi connectivity index (χ0) is 13.9. The molecule has 2 N–H and O–H groups in total. The number of carbonyl (C=O) groups is 1. The van der Waals surface area contributed by atoms with Crippen LogP contribution in [0.1, 0.15) is 51.9 Å². The molecule has 1 fully saturated rings. The van der Waals surface area contributed by atoms with Crippen LogP contribution >= 0.6 is 0 Å². The van der Waals surface area contributed by atoms with Gasteiger partial charge < -0.3 is 15.5 Å². The maximum atomic E-state index is 12.0. The molecule has 0 atom stereocenters. The van der Waals surface area contributed by atoms with Crippen molar-refractivity contribution in [2.45, 2.75) is 51.9 Å². The van der Waals surface area contributed by atoms with Gasteiger partial charge in [-0.1, -0.05) is 19.8 Å². The van der Waals surface area contributed by atoms with Gasteiger partial charge in [-0.2, -0.15) is 0 Å². The van der Waals surface area contributed by atoms with Gasteiger partial charge >= 0.3 is 0 Å². The molecule has 1 heterocycles. The molecular formula is C15H31N3O. The Balaban J connectivity index is 2.21. The standard InChI is InChI=1S/C15H31N3O/c1-2-3-8-15(19)18-12-7-11-17(13-14-18)10-6-4-5-9-16/h2-14,16H2,1H3. The number of nitrogens with two attached hydrogens (primary N) is 1. The number of hydrogen-bond donors (Lipinski definition) is 1. The summed E-state index contributed by atoms with van der Waals surface area (Å²) in [4.78, 5) is 16.6. The van der Waals surface area contributed by atoms with E-state index >= 15 is 0 Å². The zero-order valence-corrected chi connectivity index (χ0v) is 12.6. The molecule has 0 spiro atoms. The van der Waals surface area contributed by atoms with Crippen LogP contribution in [0.3, 0.4) is 0 Å². The molecular weight excluding hydrogens is 238 g/mol. The molecule has 0 aromatic heterocycles. The molecule has 4 nitrogen and oxygen atoms in total. The van der Waals surface area contributed by atoms with E-state index in [0.29, 0.717) is 5.91 Å². The fraction of sp³-hybridized carbons (Fsp3) is 0.933. The van der Waals surface area contributed by atoms with Gasteiger partial charge in [0.2, 0.25) is 5.91 Å². The number of carbonyl (C=O) groups excluding carboxylic acids is 1. The minimum atomic E-state index is 0.354. The first-order chi connectivity index (χ1) is 9.27. The summed E-state index contributed by atoms with van der Waals surface area (Å²) in [5.41, 5.74) is 5.51. The SMILES string of the molecule is CCCCC(=O)N1CCCN(CCCCCN)CC1. The molecule has 0 radical (unpaired) electrons. The Hall–Kier alpha value is -0.610. The van der Waals surface area contributed by atoms with Gasteiger partial charge in [0.25, 0.3) is 0 Å². The first-order valence-electron chi connectivity index (χ1n) is 7.98. The second-order valence-corrected chi connectivity index (χ2v) is 5.53. The summed E-state index contributed by atoms with van der Waals surface area (Å²) in [6.45, 7) is 8.15. The second kappa shape index (κ2) is 10.2. The molecule has 1 aliphatic heterocycles. The van der Waals surface area contributed by atoms with E-state index in [9.17, 15) is 4.79 Å². The molecule has 1 amide bonds.